The molecule has 0 aliphatic heterocycles. The second-order valence-electron chi connectivity index (χ2n) is 2.12. The molecule has 0 radical (unpaired) electrons. The van der Waals surface area contributed by atoms with Crippen molar-refractivity contribution in [3.05, 3.63) is 0 Å². The lowest BCUT2D eigenvalue weighted by Gasteiger charge is -1.80. The van der Waals surface area contributed by atoms with Crippen LogP contribution in [-0.4, -0.2) is 39.5 Å². The number of hydrogen-bond donors (Lipinski definition) is 4. The minimum Gasteiger partial charge on any atom is -0.481 e. The second kappa shape index (κ2) is 22.5. The highest BCUT2D eigenvalue weighted by atomic mass is 16.5. The van der Waals surface area contributed by atoms with Gasteiger partial charge in [-0.2, -0.15) is 0 Å². The fourth-order valence-electron chi connectivity index (χ4n) is 0. The summed E-state index contributed by atoms with van der Waals surface area (Å²) in [4.78, 5) is 9.00. The third-order valence-electron chi connectivity index (χ3n) is 0.158. The minimum absolute atomic E-state index is 0. The van der Waals surface area contributed by atoms with E-state index in [1.54, 1.807) is 13.8 Å². The summed E-state index contributed by atoms with van der Waals surface area (Å²) in [6.45, 7) is 6.97. The SMILES string of the molecule is CC(=O)O.CC(C)O.CCNO.O. The lowest BCUT2D eigenvalue weighted by molar-refractivity contribution is -0.134. The Morgan fingerprint density at radius 1 is 1.46 bits per heavy atom. The van der Waals surface area contributed by atoms with Crippen molar-refractivity contribution < 1.29 is 25.7 Å². The quantitative estimate of drug-likeness (QED) is 0.429. The summed E-state index contributed by atoms with van der Waals surface area (Å²) in [5.74, 6) is -0.833. The van der Waals surface area contributed by atoms with Crippen LogP contribution in [0.25, 0.3) is 0 Å². The predicted octanol–water partition coefficient (Wildman–Crippen LogP) is -0.362. The number of aliphatic hydroxyl groups is 1. The smallest absolute Gasteiger partial charge is 0.300 e. The van der Waals surface area contributed by atoms with Crippen molar-refractivity contribution in [3.8, 4) is 0 Å². The first kappa shape index (κ1) is 22.8. The number of carboxylic acids is 1. The third-order valence-corrected chi connectivity index (χ3v) is 0.158. The molecule has 0 rings (SSSR count). The molecule has 6 heteroatoms. The molecule has 0 saturated carbocycles. The highest BCUT2D eigenvalue weighted by Crippen LogP contribution is 1.65. The van der Waals surface area contributed by atoms with Gasteiger partial charge in [0.05, 0.1) is 0 Å². The van der Waals surface area contributed by atoms with E-state index in [2.05, 4.69) is 0 Å². The van der Waals surface area contributed by atoms with Gasteiger partial charge in [-0.3, -0.25) is 4.79 Å². The van der Waals surface area contributed by atoms with Crippen molar-refractivity contribution in [1.82, 2.24) is 5.48 Å². The first-order valence-corrected chi connectivity index (χ1v) is 3.62. The number of aliphatic hydroxyl groups excluding tert-OH is 1. The van der Waals surface area contributed by atoms with Crippen molar-refractivity contribution >= 4 is 5.97 Å². The fraction of sp³-hybridized carbons (Fsp3) is 0.857. The Kier molecular flexibility index (Phi) is 39.5. The summed E-state index contributed by atoms with van der Waals surface area (Å²) in [5, 5.41) is 23.1. The molecule has 0 saturated heterocycles. The van der Waals surface area contributed by atoms with Gasteiger partial charge in [0.15, 0.2) is 0 Å². The van der Waals surface area contributed by atoms with Gasteiger partial charge in [-0.05, 0) is 13.8 Å². The first-order chi connectivity index (χ1) is 5.38. The number of nitrogens with one attached hydrogen (secondary N) is 1. The molecule has 0 bridgehead atoms. The van der Waals surface area contributed by atoms with Crippen molar-refractivity contribution in [2.45, 2.75) is 33.8 Å². The van der Waals surface area contributed by atoms with Gasteiger partial charge in [0.1, 0.15) is 0 Å². The molecule has 0 aromatic rings. The van der Waals surface area contributed by atoms with E-state index < -0.39 is 5.97 Å². The Hall–Kier alpha value is -0.690. The van der Waals surface area contributed by atoms with Crippen LogP contribution in [0.5, 0.6) is 0 Å². The number of aliphatic carboxylic acids is 1. The lowest BCUT2D eigenvalue weighted by Crippen LogP contribution is -2.02. The molecular formula is C7H21NO5. The number of carbonyl (C=O) groups is 1. The van der Waals surface area contributed by atoms with Gasteiger partial charge >= 0.3 is 0 Å². The molecule has 0 aromatic heterocycles. The van der Waals surface area contributed by atoms with Gasteiger partial charge in [0, 0.05) is 19.6 Å². The molecule has 6 nitrogen and oxygen atoms in total. The van der Waals surface area contributed by atoms with Gasteiger partial charge in [-0.25, -0.2) is 5.48 Å². The molecule has 0 aliphatic rings. The summed E-state index contributed by atoms with van der Waals surface area (Å²) in [5.41, 5.74) is 1.93. The van der Waals surface area contributed by atoms with Gasteiger partial charge in [0.2, 0.25) is 0 Å². The first-order valence-electron chi connectivity index (χ1n) is 3.62. The molecule has 0 heterocycles. The molecule has 0 atom stereocenters. The number of carboxylic acid groups (broad SMARTS) is 1. The number of hydrogen-bond acceptors (Lipinski definition) is 4. The van der Waals surface area contributed by atoms with E-state index in [4.69, 9.17) is 20.2 Å². The topological polar surface area (TPSA) is 121 Å². The van der Waals surface area contributed by atoms with Crippen LogP contribution >= 0.6 is 0 Å². The van der Waals surface area contributed by atoms with Crippen molar-refractivity contribution in [1.29, 1.82) is 0 Å². The second-order valence-corrected chi connectivity index (χ2v) is 2.12. The highest BCUT2D eigenvalue weighted by molar-refractivity contribution is 5.62. The van der Waals surface area contributed by atoms with Crippen molar-refractivity contribution in [2.24, 2.45) is 0 Å². The molecule has 84 valence electrons. The normalized spacial score (nSPS) is 7.00. The van der Waals surface area contributed by atoms with E-state index in [-0.39, 0.29) is 11.6 Å². The Morgan fingerprint density at radius 3 is 1.54 bits per heavy atom. The predicted molar refractivity (Wildman–Crippen MR) is 49.7 cm³/mol. The Bertz CT molecular complexity index is 78.2. The van der Waals surface area contributed by atoms with Crippen LogP contribution in [0.2, 0.25) is 0 Å². The van der Waals surface area contributed by atoms with Gasteiger partial charge in [-0.1, -0.05) is 6.92 Å². The molecule has 13 heavy (non-hydrogen) atoms. The summed E-state index contributed by atoms with van der Waals surface area (Å²) >= 11 is 0. The molecule has 0 spiro atoms. The van der Waals surface area contributed by atoms with E-state index in [0.717, 1.165) is 6.92 Å². The lowest BCUT2D eigenvalue weighted by atomic mass is 10.5. The zero-order valence-electron chi connectivity index (χ0n) is 8.53. The number of hydroxylamine groups is 1. The highest BCUT2D eigenvalue weighted by Gasteiger charge is 1.69. The van der Waals surface area contributed by atoms with E-state index in [0.29, 0.717) is 6.54 Å². The molecule has 0 fully saturated rings. The average molecular weight is 199 g/mol. The molecule has 0 aromatic carbocycles. The monoisotopic (exact) mass is 199 g/mol. The molecule has 0 amide bonds. The zero-order chi connectivity index (χ0) is 10.6. The number of rotatable bonds is 1. The third kappa shape index (κ3) is 10200. The maximum atomic E-state index is 9.00. The zero-order valence-corrected chi connectivity index (χ0v) is 8.53. The van der Waals surface area contributed by atoms with E-state index in [9.17, 15) is 0 Å². The molecule has 0 aliphatic carbocycles. The Morgan fingerprint density at radius 2 is 1.54 bits per heavy atom. The summed E-state index contributed by atoms with van der Waals surface area (Å²) in [7, 11) is 0. The van der Waals surface area contributed by atoms with Gasteiger partial charge < -0.3 is 20.9 Å². The molecule has 0 unspecified atom stereocenters. The van der Waals surface area contributed by atoms with Crippen molar-refractivity contribution in [3.63, 3.8) is 0 Å². The Labute approximate surface area is 78.5 Å². The average Bonchev–Trinajstić information content (AvgIpc) is 1.85. The van der Waals surface area contributed by atoms with Crippen LogP contribution in [-0.2, 0) is 4.79 Å². The van der Waals surface area contributed by atoms with Crippen LogP contribution in [0, 0.1) is 0 Å². The standard InChI is InChI=1S/C3H8O.C2H7NO.C2H4O2.H2O/c1-3(2)4;1-2-3-4;1-2(3)4;/h3-4H,1-2H3;3-4H,2H2,1H3;1H3,(H,3,4);1H2. The van der Waals surface area contributed by atoms with E-state index in [1.165, 1.54) is 0 Å². The largest absolute Gasteiger partial charge is 0.481 e. The van der Waals surface area contributed by atoms with E-state index in [1.807, 2.05) is 12.4 Å². The van der Waals surface area contributed by atoms with Crippen LogP contribution in [0.3, 0.4) is 0 Å². The van der Waals surface area contributed by atoms with Crippen LogP contribution in [0.1, 0.15) is 27.7 Å². The molecule has 6 N–H and O–H groups in total. The maximum absolute atomic E-state index is 9.00. The van der Waals surface area contributed by atoms with Crippen LogP contribution in [0.15, 0.2) is 0 Å². The fourth-order valence-corrected chi connectivity index (χ4v) is 0. The summed E-state index contributed by atoms with van der Waals surface area (Å²) < 4.78 is 0. The summed E-state index contributed by atoms with van der Waals surface area (Å²) in [6, 6.07) is 0. The van der Waals surface area contributed by atoms with Gasteiger partial charge in [0.25, 0.3) is 5.97 Å². The van der Waals surface area contributed by atoms with Gasteiger partial charge in [-0.15, -0.1) is 0 Å². The van der Waals surface area contributed by atoms with Crippen LogP contribution < -0.4 is 5.48 Å². The maximum Gasteiger partial charge on any atom is 0.300 e. The minimum atomic E-state index is -0.833. The Balaban J connectivity index is -0.0000000450. The molecular weight excluding hydrogens is 178 g/mol. The van der Waals surface area contributed by atoms with E-state index >= 15 is 0 Å². The summed E-state index contributed by atoms with van der Waals surface area (Å²) in [6.07, 6.45) is -0.167. The van der Waals surface area contributed by atoms with Crippen molar-refractivity contribution in [2.75, 3.05) is 6.54 Å². The van der Waals surface area contributed by atoms with Crippen LogP contribution in [0.4, 0.5) is 0 Å².